The molecule has 1 aliphatic rings. The van der Waals surface area contributed by atoms with Gasteiger partial charge in [0.1, 0.15) is 0 Å². The van der Waals surface area contributed by atoms with Crippen molar-refractivity contribution < 1.29 is 4.74 Å². The normalized spacial score (nSPS) is 15.7. The number of morpholine rings is 1. The van der Waals surface area contributed by atoms with Crippen LogP contribution in [0.5, 0.6) is 0 Å². The molecular weight excluding hydrogens is 244 g/mol. The summed E-state index contributed by atoms with van der Waals surface area (Å²) in [5.74, 6) is 1.93. The van der Waals surface area contributed by atoms with Gasteiger partial charge in [-0.3, -0.25) is 0 Å². The van der Waals surface area contributed by atoms with Crippen molar-refractivity contribution >= 4 is 17.8 Å². The molecule has 2 heterocycles. The van der Waals surface area contributed by atoms with Gasteiger partial charge in [-0.2, -0.15) is 15.0 Å². The maximum Gasteiger partial charge on any atom is 0.232 e. The van der Waals surface area contributed by atoms with E-state index >= 15 is 0 Å². The molecule has 1 aromatic heterocycles. The second-order valence-electron chi connectivity index (χ2n) is 4.71. The lowest BCUT2D eigenvalue weighted by molar-refractivity contribution is 0.122. The average molecular weight is 266 g/mol. The van der Waals surface area contributed by atoms with E-state index in [1.54, 1.807) is 0 Å². The molecule has 7 heteroatoms. The van der Waals surface area contributed by atoms with E-state index in [0.29, 0.717) is 17.8 Å². The Hall–Kier alpha value is -1.63. The SMILES string of the molecule is CCNc1nc(NC(C)C)nc(N2CCOCC2)n1. The smallest absolute Gasteiger partial charge is 0.232 e. The summed E-state index contributed by atoms with van der Waals surface area (Å²) in [5.41, 5.74) is 0. The number of ether oxygens (including phenoxy) is 1. The van der Waals surface area contributed by atoms with Crippen molar-refractivity contribution in [3.8, 4) is 0 Å². The molecule has 7 nitrogen and oxygen atoms in total. The Morgan fingerprint density at radius 2 is 1.84 bits per heavy atom. The first-order valence-corrected chi connectivity index (χ1v) is 6.78. The molecule has 1 saturated heterocycles. The zero-order valence-corrected chi connectivity index (χ0v) is 11.8. The lowest BCUT2D eigenvalue weighted by Gasteiger charge is -2.27. The average Bonchev–Trinajstić information content (AvgIpc) is 2.39. The Balaban J connectivity index is 2.21. The van der Waals surface area contributed by atoms with Gasteiger partial charge >= 0.3 is 0 Å². The summed E-state index contributed by atoms with van der Waals surface area (Å²) < 4.78 is 5.35. The fourth-order valence-electron chi connectivity index (χ4n) is 1.83. The van der Waals surface area contributed by atoms with Crippen LogP contribution in [0.1, 0.15) is 20.8 Å². The molecule has 0 atom stereocenters. The van der Waals surface area contributed by atoms with Crippen LogP contribution < -0.4 is 15.5 Å². The Bertz CT molecular complexity index is 405. The second kappa shape index (κ2) is 6.51. The summed E-state index contributed by atoms with van der Waals surface area (Å²) in [7, 11) is 0. The number of aromatic nitrogens is 3. The molecule has 2 N–H and O–H groups in total. The monoisotopic (exact) mass is 266 g/mol. The van der Waals surface area contributed by atoms with Gasteiger partial charge in [-0.15, -0.1) is 0 Å². The first kappa shape index (κ1) is 13.8. The van der Waals surface area contributed by atoms with E-state index in [1.165, 1.54) is 0 Å². The standard InChI is InChI=1S/C12H22N6O/c1-4-13-10-15-11(14-9(2)3)17-12(16-10)18-5-7-19-8-6-18/h9H,4-8H2,1-3H3,(H2,13,14,15,16,17). The largest absolute Gasteiger partial charge is 0.378 e. The van der Waals surface area contributed by atoms with E-state index < -0.39 is 0 Å². The van der Waals surface area contributed by atoms with E-state index in [-0.39, 0.29) is 6.04 Å². The van der Waals surface area contributed by atoms with E-state index in [4.69, 9.17) is 4.74 Å². The predicted molar refractivity (Wildman–Crippen MR) is 75.8 cm³/mol. The number of rotatable bonds is 5. The molecule has 0 radical (unpaired) electrons. The predicted octanol–water partition coefficient (Wildman–Crippen LogP) is 0.960. The van der Waals surface area contributed by atoms with Crippen molar-refractivity contribution in [3.63, 3.8) is 0 Å². The highest BCUT2D eigenvalue weighted by molar-refractivity contribution is 5.44. The molecule has 1 fully saturated rings. The summed E-state index contributed by atoms with van der Waals surface area (Å²) in [4.78, 5) is 15.4. The summed E-state index contributed by atoms with van der Waals surface area (Å²) in [6, 6.07) is 0.286. The Labute approximate surface area is 113 Å². The number of nitrogens with zero attached hydrogens (tertiary/aromatic N) is 4. The Morgan fingerprint density at radius 3 is 2.47 bits per heavy atom. The van der Waals surface area contributed by atoms with Gasteiger partial charge in [0.2, 0.25) is 17.8 Å². The topological polar surface area (TPSA) is 75.2 Å². The third-order valence-electron chi connectivity index (χ3n) is 2.67. The second-order valence-corrected chi connectivity index (χ2v) is 4.71. The van der Waals surface area contributed by atoms with E-state index in [2.05, 4.69) is 44.3 Å². The molecule has 1 aliphatic heterocycles. The van der Waals surface area contributed by atoms with Gasteiger partial charge in [-0.25, -0.2) is 0 Å². The lowest BCUT2D eigenvalue weighted by atomic mass is 10.4. The van der Waals surface area contributed by atoms with Gasteiger partial charge in [0.15, 0.2) is 0 Å². The van der Waals surface area contributed by atoms with Crippen LogP contribution in [0.15, 0.2) is 0 Å². The van der Waals surface area contributed by atoms with Gasteiger partial charge in [0, 0.05) is 25.7 Å². The lowest BCUT2D eigenvalue weighted by Crippen LogP contribution is -2.37. The van der Waals surface area contributed by atoms with Crippen LogP contribution in [0.3, 0.4) is 0 Å². The van der Waals surface area contributed by atoms with Crippen LogP contribution in [-0.2, 0) is 4.74 Å². The van der Waals surface area contributed by atoms with Crippen molar-refractivity contribution in [1.82, 2.24) is 15.0 Å². The van der Waals surface area contributed by atoms with Gasteiger partial charge in [0.25, 0.3) is 0 Å². The fourth-order valence-corrected chi connectivity index (χ4v) is 1.83. The molecule has 0 aliphatic carbocycles. The Kier molecular flexibility index (Phi) is 4.73. The zero-order valence-electron chi connectivity index (χ0n) is 11.8. The van der Waals surface area contributed by atoms with Gasteiger partial charge in [-0.05, 0) is 20.8 Å². The zero-order chi connectivity index (χ0) is 13.7. The van der Waals surface area contributed by atoms with E-state index in [1.807, 2.05) is 6.92 Å². The van der Waals surface area contributed by atoms with Gasteiger partial charge < -0.3 is 20.3 Å². The van der Waals surface area contributed by atoms with Crippen LogP contribution in [0.25, 0.3) is 0 Å². The van der Waals surface area contributed by atoms with Crippen LogP contribution in [0.4, 0.5) is 17.8 Å². The fraction of sp³-hybridized carbons (Fsp3) is 0.750. The number of anilines is 3. The highest BCUT2D eigenvalue weighted by Gasteiger charge is 2.16. The van der Waals surface area contributed by atoms with Crippen molar-refractivity contribution in [3.05, 3.63) is 0 Å². The summed E-state index contributed by atoms with van der Waals surface area (Å²) in [6.45, 7) is 10.00. The molecule has 2 rings (SSSR count). The van der Waals surface area contributed by atoms with Crippen LogP contribution in [0.2, 0.25) is 0 Å². The van der Waals surface area contributed by atoms with Crippen molar-refractivity contribution in [2.75, 3.05) is 48.4 Å². The van der Waals surface area contributed by atoms with Crippen molar-refractivity contribution in [2.45, 2.75) is 26.8 Å². The summed E-state index contributed by atoms with van der Waals surface area (Å²) >= 11 is 0. The molecule has 0 amide bonds. The van der Waals surface area contributed by atoms with E-state index in [9.17, 15) is 0 Å². The quantitative estimate of drug-likeness (QED) is 0.822. The molecule has 0 spiro atoms. The minimum atomic E-state index is 0.286. The first-order chi connectivity index (χ1) is 9.19. The van der Waals surface area contributed by atoms with Crippen LogP contribution in [0, 0.1) is 0 Å². The van der Waals surface area contributed by atoms with Crippen LogP contribution >= 0.6 is 0 Å². The molecule has 106 valence electrons. The van der Waals surface area contributed by atoms with Crippen molar-refractivity contribution in [2.24, 2.45) is 0 Å². The van der Waals surface area contributed by atoms with E-state index in [0.717, 1.165) is 32.8 Å². The number of hydrogen-bond acceptors (Lipinski definition) is 7. The van der Waals surface area contributed by atoms with Gasteiger partial charge in [-0.1, -0.05) is 0 Å². The minimum Gasteiger partial charge on any atom is -0.378 e. The van der Waals surface area contributed by atoms with Gasteiger partial charge in [0.05, 0.1) is 13.2 Å². The minimum absolute atomic E-state index is 0.286. The number of hydrogen-bond donors (Lipinski definition) is 2. The molecule has 0 bridgehead atoms. The molecular formula is C12H22N6O. The third-order valence-corrected chi connectivity index (χ3v) is 2.67. The molecule has 0 aromatic carbocycles. The highest BCUT2D eigenvalue weighted by Crippen LogP contribution is 2.15. The molecule has 0 saturated carbocycles. The number of nitrogens with one attached hydrogen (secondary N) is 2. The summed E-state index contributed by atoms with van der Waals surface area (Å²) in [5, 5.41) is 6.36. The summed E-state index contributed by atoms with van der Waals surface area (Å²) in [6.07, 6.45) is 0. The molecule has 19 heavy (non-hydrogen) atoms. The van der Waals surface area contributed by atoms with Crippen LogP contribution in [-0.4, -0.2) is 53.8 Å². The maximum atomic E-state index is 5.35. The van der Waals surface area contributed by atoms with Crippen molar-refractivity contribution in [1.29, 1.82) is 0 Å². The third kappa shape index (κ3) is 3.92. The Morgan fingerprint density at radius 1 is 1.16 bits per heavy atom. The maximum absolute atomic E-state index is 5.35. The molecule has 0 unspecified atom stereocenters. The first-order valence-electron chi connectivity index (χ1n) is 6.78. The molecule has 1 aromatic rings. The highest BCUT2D eigenvalue weighted by atomic mass is 16.5.